The highest BCUT2D eigenvalue weighted by Gasteiger charge is 2.02. The molecule has 0 aliphatic heterocycles. The van der Waals surface area contributed by atoms with E-state index < -0.39 is 7.35 Å². The van der Waals surface area contributed by atoms with E-state index in [2.05, 4.69) is 0 Å². The maximum absolute atomic E-state index is 9.36. The first-order valence-corrected chi connectivity index (χ1v) is 6.05. The molecule has 0 aliphatic carbocycles. The van der Waals surface area contributed by atoms with Crippen LogP contribution in [0.1, 0.15) is 0 Å². The van der Waals surface area contributed by atoms with Crippen LogP contribution in [0.4, 0.5) is 0 Å². The van der Waals surface area contributed by atoms with E-state index in [1.54, 1.807) is 0 Å². The fraction of sp³-hybridized carbons (Fsp3) is 0.143. The van der Waals surface area contributed by atoms with E-state index in [1.165, 1.54) is 11.4 Å². The maximum Gasteiger partial charge on any atom is 0.117 e. The van der Waals surface area contributed by atoms with E-state index in [4.69, 9.17) is 0 Å². The van der Waals surface area contributed by atoms with Crippen molar-refractivity contribution in [3.8, 4) is 0 Å². The van der Waals surface area contributed by atoms with Crippen LogP contribution in [0.15, 0.2) is 30.3 Å². The third-order valence-corrected chi connectivity index (χ3v) is 3.91. The third kappa shape index (κ3) is 1.98. The Morgan fingerprint density at radius 2 is 1.90 bits per heavy atom. The zero-order valence-corrected chi connectivity index (χ0v) is 7.40. The molecule has 0 saturated carbocycles. The van der Waals surface area contributed by atoms with Crippen LogP contribution in [0.5, 0.6) is 0 Å². The smallest absolute Gasteiger partial charge is 0.117 e. The molecule has 0 bridgehead atoms. The summed E-state index contributed by atoms with van der Waals surface area (Å²) in [6.07, 6.45) is 1.92. The van der Waals surface area contributed by atoms with E-state index in [0.29, 0.717) is 0 Å². The molecule has 0 radical (unpaired) electrons. The molecule has 0 saturated heterocycles. The zero-order chi connectivity index (χ0) is 7.40. The molecule has 0 fully saturated rings. The molecule has 0 heterocycles. The lowest BCUT2D eigenvalue weighted by molar-refractivity contribution is 0.650. The van der Waals surface area contributed by atoms with E-state index in [0.717, 1.165) is 5.30 Å². The van der Waals surface area contributed by atoms with Gasteiger partial charge < -0.3 is 4.89 Å². The molecule has 3 heteroatoms. The fourth-order valence-corrected chi connectivity index (χ4v) is 2.30. The van der Waals surface area contributed by atoms with Gasteiger partial charge in [-0.05, 0) is 6.26 Å². The fourth-order valence-electron chi connectivity index (χ4n) is 0.661. The average molecular weight is 172 g/mol. The number of hydrogen-bond acceptors (Lipinski definition) is 2. The van der Waals surface area contributed by atoms with Crippen molar-refractivity contribution in [2.45, 2.75) is 0 Å². The van der Waals surface area contributed by atoms with Gasteiger partial charge in [-0.25, -0.2) is 0 Å². The Balaban J connectivity index is 2.75. The van der Waals surface area contributed by atoms with Crippen molar-refractivity contribution in [2.24, 2.45) is 0 Å². The zero-order valence-electron chi connectivity index (χ0n) is 5.69. The Bertz CT molecular complexity index is 190. The third-order valence-electron chi connectivity index (χ3n) is 1.15. The van der Waals surface area contributed by atoms with Gasteiger partial charge in [-0.3, -0.25) is 0 Å². The average Bonchev–Trinajstić information content (AvgIpc) is 2.05. The van der Waals surface area contributed by atoms with E-state index in [9.17, 15) is 4.89 Å². The van der Waals surface area contributed by atoms with Crippen LogP contribution >= 0.6 is 18.7 Å². The van der Waals surface area contributed by atoms with E-state index >= 15 is 0 Å². The predicted molar refractivity (Wildman–Crippen MR) is 48.7 cm³/mol. The molecule has 1 atom stereocenters. The van der Waals surface area contributed by atoms with Crippen molar-refractivity contribution in [1.29, 1.82) is 0 Å². The molecule has 1 rings (SSSR count). The van der Waals surface area contributed by atoms with Crippen molar-refractivity contribution < 1.29 is 4.89 Å². The van der Waals surface area contributed by atoms with Gasteiger partial charge in [0.25, 0.3) is 0 Å². The van der Waals surface area contributed by atoms with Crippen LogP contribution in [-0.2, 0) is 0 Å². The highest BCUT2D eigenvalue weighted by Crippen LogP contribution is 2.41. The quantitative estimate of drug-likeness (QED) is 0.688. The summed E-state index contributed by atoms with van der Waals surface area (Å²) in [5, 5.41) is 1.03. The lowest BCUT2D eigenvalue weighted by Gasteiger charge is -2.04. The summed E-state index contributed by atoms with van der Waals surface area (Å²) in [6, 6.07) is 9.73. The molecule has 54 valence electrons. The Hall–Kier alpha value is -0.0400. The molecule has 1 aromatic rings. The Morgan fingerprint density at radius 1 is 1.30 bits per heavy atom. The molecule has 0 spiro atoms. The lowest BCUT2D eigenvalue weighted by atomic mass is 10.4. The second kappa shape index (κ2) is 3.97. The predicted octanol–water partition coefficient (Wildman–Crippen LogP) is 1.98. The largest absolute Gasteiger partial charge is 0.359 e. The molecule has 0 aliphatic rings. The van der Waals surface area contributed by atoms with Crippen molar-refractivity contribution in [3.63, 3.8) is 0 Å². The Kier molecular flexibility index (Phi) is 3.20. The van der Waals surface area contributed by atoms with Crippen LogP contribution in [0.25, 0.3) is 0 Å². The van der Waals surface area contributed by atoms with Crippen LogP contribution < -0.4 is 5.30 Å². The Morgan fingerprint density at radius 3 is 2.40 bits per heavy atom. The highest BCUT2D eigenvalue weighted by atomic mass is 32.7. The van der Waals surface area contributed by atoms with Crippen molar-refractivity contribution >= 4 is 24.0 Å². The van der Waals surface area contributed by atoms with Crippen molar-refractivity contribution in [2.75, 3.05) is 6.26 Å². The van der Waals surface area contributed by atoms with Gasteiger partial charge in [0.05, 0.1) is 0 Å². The first kappa shape index (κ1) is 8.06. The number of rotatable bonds is 2. The SMILES string of the molecule is CSP(O)c1ccccc1. The minimum atomic E-state index is -0.957. The highest BCUT2D eigenvalue weighted by molar-refractivity contribution is 8.55. The van der Waals surface area contributed by atoms with Gasteiger partial charge in [-0.1, -0.05) is 30.3 Å². The Labute approximate surface area is 66.0 Å². The van der Waals surface area contributed by atoms with E-state index in [-0.39, 0.29) is 0 Å². The summed E-state index contributed by atoms with van der Waals surface area (Å²) in [5.74, 6) is 0. The van der Waals surface area contributed by atoms with Crippen molar-refractivity contribution in [3.05, 3.63) is 30.3 Å². The summed E-state index contributed by atoms with van der Waals surface area (Å²) in [5.41, 5.74) is 0. The lowest BCUT2D eigenvalue weighted by Crippen LogP contribution is -1.94. The summed E-state index contributed by atoms with van der Waals surface area (Å²) in [4.78, 5) is 9.36. The summed E-state index contributed by atoms with van der Waals surface area (Å²) >= 11 is 1.50. The summed E-state index contributed by atoms with van der Waals surface area (Å²) < 4.78 is 0. The normalized spacial score (nSPS) is 13.0. The van der Waals surface area contributed by atoms with Gasteiger partial charge in [-0.2, -0.15) is 0 Å². The molecule has 1 aromatic carbocycles. The minimum Gasteiger partial charge on any atom is -0.359 e. The second-order valence-corrected chi connectivity index (χ2v) is 5.35. The molecule has 1 unspecified atom stereocenters. The molecular weight excluding hydrogens is 163 g/mol. The van der Waals surface area contributed by atoms with Gasteiger partial charge in [0.2, 0.25) is 0 Å². The van der Waals surface area contributed by atoms with Crippen LogP contribution in [-0.4, -0.2) is 11.1 Å². The van der Waals surface area contributed by atoms with Crippen molar-refractivity contribution in [1.82, 2.24) is 0 Å². The molecule has 1 N–H and O–H groups in total. The second-order valence-electron chi connectivity index (χ2n) is 1.79. The topological polar surface area (TPSA) is 20.2 Å². The standard InChI is InChI=1S/C7H9OPS/c1-10-9(8)7-5-3-2-4-6-7/h2-6,8H,1H3. The molecule has 0 aromatic heterocycles. The van der Waals surface area contributed by atoms with Crippen LogP contribution in [0.2, 0.25) is 0 Å². The molecule has 10 heavy (non-hydrogen) atoms. The monoisotopic (exact) mass is 172 g/mol. The van der Waals surface area contributed by atoms with Gasteiger partial charge >= 0.3 is 0 Å². The first-order valence-electron chi connectivity index (χ1n) is 2.93. The van der Waals surface area contributed by atoms with E-state index in [1.807, 2.05) is 36.6 Å². The van der Waals surface area contributed by atoms with Crippen LogP contribution in [0.3, 0.4) is 0 Å². The number of benzene rings is 1. The number of hydrogen-bond donors (Lipinski definition) is 1. The molecule has 1 nitrogen and oxygen atoms in total. The van der Waals surface area contributed by atoms with Gasteiger partial charge in [0, 0.05) is 5.30 Å². The van der Waals surface area contributed by atoms with Gasteiger partial charge in [-0.15, -0.1) is 11.4 Å². The molecule has 0 amide bonds. The van der Waals surface area contributed by atoms with Crippen LogP contribution in [0, 0.1) is 0 Å². The van der Waals surface area contributed by atoms with Gasteiger partial charge in [0.1, 0.15) is 7.35 Å². The first-order chi connectivity index (χ1) is 4.84. The maximum atomic E-state index is 9.36. The summed E-state index contributed by atoms with van der Waals surface area (Å²) in [6.45, 7) is 0. The summed E-state index contributed by atoms with van der Waals surface area (Å²) in [7, 11) is -0.957. The minimum absolute atomic E-state index is 0.957. The van der Waals surface area contributed by atoms with Gasteiger partial charge in [0.15, 0.2) is 0 Å². The molecular formula is C7H9OPS.